The summed E-state index contributed by atoms with van der Waals surface area (Å²) in [5.74, 6) is 2.13. The minimum Gasteiger partial charge on any atom is -0.497 e. The maximum Gasteiger partial charge on any atom is 0.255 e. The Morgan fingerprint density at radius 1 is 0.850 bits per heavy atom. The third-order valence-electron chi connectivity index (χ3n) is 7.56. The van der Waals surface area contributed by atoms with Gasteiger partial charge in [-0.15, -0.1) is 0 Å². The topological polar surface area (TPSA) is 60.0 Å². The largest absolute Gasteiger partial charge is 0.497 e. The molecule has 1 aliphatic rings. The average molecular weight is 537 g/mol. The molecule has 1 heterocycles. The first-order valence-corrected chi connectivity index (χ1v) is 13.7. The van der Waals surface area contributed by atoms with Crippen LogP contribution in [-0.2, 0) is 0 Å². The summed E-state index contributed by atoms with van der Waals surface area (Å²) in [6, 6.07) is 29.8. The Kier molecular flexibility index (Phi) is 8.67. The van der Waals surface area contributed by atoms with Gasteiger partial charge >= 0.3 is 0 Å². The fourth-order valence-electron chi connectivity index (χ4n) is 5.22. The molecule has 0 saturated carbocycles. The van der Waals surface area contributed by atoms with Gasteiger partial charge in [-0.05, 0) is 104 Å². The lowest BCUT2D eigenvalue weighted by molar-refractivity contribution is 0.102. The first-order valence-electron chi connectivity index (χ1n) is 13.7. The molecule has 1 aliphatic heterocycles. The normalized spacial score (nSPS) is 15.0. The molecule has 1 unspecified atom stereocenters. The molecule has 1 atom stereocenters. The Labute approximate surface area is 236 Å². The van der Waals surface area contributed by atoms with Gasteiger partial charge in [0.15, 0.2) is 0 Å². The number of anilines is 1. The molecule has 5 rings (SSSR count). The number of nitrogens with zero attached hydrogens (tertiary/aromatic N) is 1. The third-order valence-corrected chi connectivity index (χ3v) is 7.56. The van der Waals surface area contributed by atoms with Crippen molar-refractivity contribution in [1.29, 1.82) is 0 Å². The molecular weight excluding hydrogens is 500 g/mol. The van der Waals surface area contributed by atoms with Gasteiger partial charge in [-0.25, -0.2) is 0 Å². The van der Waals surface area contributed by atoms with Crippen molar-refractivity contribution in [2.24, 2.45) is 0 Å². The molecule has 206 valence electrons. The van der Waals surface area contributed by atoms with E-state index in [1.807, 2.05) is 72.8 Å². The van der Waals surface area contributed by atoms with Gasteiger partial charge < -0.3 is 24.4 Å². The van der Waals surface area contributed by atoms with Crippen LogP contribution in [0.2, 0.25) is 0 Å². The number of methoxy groups -OCH3 is 2. The summed E-state index contributed by atoms with van der Waals surface area (Å²) in [5, 5.41) is 3.01. The fourth-order valence-corrected chi connectivity index (χ4v) is 5.22. The molecule has 0 radical (unpaired) electrons. The Morgan fingerprint density at radius 2 is 1.60 bits per heavy atom. The van der Waals surface area contributed by atoms with Gasteiger partial charge in [-0.3, -0.25) is 4.79 Å². The van der Waals surface area contributed by atoms with E-state index in [0.717, 1.165) is 52.5 Å². The molecule has 4 aromatic rings. The molecule has 1 amide bonds. The number of hydrogen-bond acceptors (Lipinski definition) is 5. The van der Waals surface area contributed by atoms with Crippen molar-refractivity contribution in [2.75, 3.05) is 39.7 Å². The van der Waals surface area contributed by atoms with Crippen LogP contribution in [0, 0.1) is 0 Å². The van der Waals surface area contributed by atoms with Crippen LogP contribution < -0.4 is 19.5 Å². The second kappa shape index (κ2) is 12.7. The molecule has 0 bridgehead atoms. The highest BCUT2D eigenvalue weighted by Crippen LogP contribution is 2.33. The van der Waals surface area contributed by atoms with Crippen molar-refractivity contribution in [1.82, 2.24) is 4.90 Å². The van der Waals surface area contributed by atoms with E-state index in [2.05, 4.69) is 29.4 Å². The summed E-state index contributed by atoms with van der Waals surface area (Å²) < 4.78 is 16.9. The van der Waals surface area contributed by atoms with Crippen LogP contribution in [0.25, 0.3) is 22.3 Å². The zero-order valence-corrected chi connectivity index (χ0v) is 23.4. The summed E-state index contributed by atoms with van der Waals surface area (Å²) >= 11 is 0. The van der Waals surface area contributed by atoms with Crippen LogP contribution in [0.3, 0.4) is 0 Å². The molecule has 1 N–H and O–H groups in total. The molecule has 6 heteroatoms. The first-order chi connectivity index (χ1) is 19.5. The molecule has 0 aliphatic carbocycles. The van der Waals surface area contributed by atoms with E-state index >= 15 is 0 Å². The van der Waals surface area contributed by atoms with E-state index in [4.69, 9.17) is 14.2 Å². The zero-order valence-electron chi connectivity index (χ0n) is 23.4. The lowest BCUT2D eigenvalue weighted by atomic mass is 10.0. The van der Waals surface area contributed by atoms with Crippen molar-refractivity contribution < 1.29 is 19.0 Å². The van der Waals surface area contributed by atoms with Gasteiger partial charge in [0.05, 0.1) is 20.8 Å². The van der Waals surface area contributed by atoms with E-state index in [1.165, 1.54) is 19.4 Å². The molecule has 1 fully saturated rings. The SMILES string of the molecule is COc1cccc(-c2cc(C(=O)Nc3ccc(-c4ccc(OCCC5CCCN5C)cc4)cc3)ccc2OC)c1. The minimum atomic E-state index is -0.190. The second-order valence-electron chi connectivity index (χ2n) is 10.1. The van der Waals surface area contributed by atoms with Crippen LogP contribution in [-0.4, -0.2) is 51.3 Å². The van der Waals surface area contributed by atoms with Crippen molar-refractivity contribution >= 4 is 11.6 Å². The number of likely N-dealkylation sites (tertiary alicyclic amines) is 1. The minimum absolute atomic E-state index is 0.190. The number of carbonyl (C=O) groups is 1. The van der Waals surface area contributed by atoms with Crippen LogP contribution in [0.4, 0.5) is 5.69 Å². The number of nitrogens with one attached hydrogen (secondary N) is 1. The molecule has 40 heavy (non-hydrogen) atoms. The average Bonchev–Trinajstić information content (AvgIpc) is 3.41. The summed E-state index contributed by atoms with van der Waals surface area (Å²) in [5.41, 5.74) is 5.17. The number of ether oxygens (including phenoxy) is 3. The third kappa shape index (κ3) is 6.46. The van der Waals surface area contributed by atoms with Crippen molar-refractivity contribution in [3.05, 3.63) is 96.6 Å². The number of amides is 1. The van der Waals surface area contributed by atoms with Gasteiger partial charge in [0.2, 0.25) is 0 Å². The Morgan fingerprint density at radius 3 is 2.27 bits per heavy atom. The molecule has 6 nitrogen and oxygen atoms in total. The van der Waals surface area contributed by atoms with Gasteiger partial charge in [0, 0.05) is 22.9 Å². The lowest BCUT2D eigenvalue weighted by Crippen LogP contribution is -2.26. The molecule has 0 spiro atoms. The van der Waals surface area contributed by atoms with E-state index < -0.39 is 0 Å². The summed E-state index contributed by atoms with van der Waals surface area (Å²) in [4.78, 5) is 15.5. The predicted octanol–water partition coefficient (Wildman–Crippen LogP) is 7.15. The summed E-state index contributed by atoms with van der Waals surface area (Å²) in [7, 11) is 5.45. The Bertz CT molecular complexity index is 1430. The van der Waals surface area contributed by atoms with E-state index in [9.17, 15) is 4.79 Å². The van der Waals surface area contributed by atoms with Crippen LogP contribution in [0.15, 0.2) is 91.0 Å². The Hall–Kier alpha value is -4.29. The molecular formula is C34H36N2O4. The number of carbonyl (C=O) groups excluding carboxylic acids is 1. The summed E-state index contributed by atoms with van der Waals surface area (Å²) in [6.45, 7) is 1.92. The van der Waals surface area contributed by atoms with E-state index in [1.54, 1.807) is 20.3 Å². The first kappa shape index (κ1) is 27.3. The zero-order chi connectivity index (χ0) is 27.9. The van der Waals surface area contributed by atoms with Crippen LogP contribution in [0.5, 0.6) is 17.2 Å². The number of rotatable bonds is 10. The molecule has 4 aromatic carbocycles. The highest BCUT2D eigenvalue weighted by atomic mass is 16.5. The van der Waals surface area contributed by atoms with E-state index in [0.29, 0.717) is 17.4 Å². The van der Waals surface area contributed by atoms with Crippen LogP contribution in [0.1, 0.15) is 29.6 Å². The summed E-state index contributed by atoms with van der Waals surface area (Å²) in [6.07, 6.45) is 3.61. The van der Waals surface area contributed by atoms with Gasteiger partial charge in [-0.2, -0.15) is 0 Å². The highest BCUT2D eigenvalue weighted by molar-refractivity contribution is 6.05. The number of benzene rings is 4. The lowest BCUT2D eigenvalue weighted by Gasteiger charge is -2.19. The van der Waals surface area contributed by atoms with Crippen molar-refractivity contribution in [2.45, 2.75) is 25.3 Å². The van der Waals surface area contributed by atoms with Gasteiger partial charge in [0.1, 0.15) is 17.2 Å². The smallest absolute Gasteiger partial charge is 0.255 e. The second-order valence-corrected chi connectivity index (χ2v) is 10.1. The highest BCUT2D eigenvalue weighted by Gasteiger charge is 2.20. The number of hydrogen-bond donors (Lipinski definition) is 1. The van der Waals surface area contributed by atoms with E-state index in [-0.39, 0.29) is 5.91 Å². The van der Waals surface area contributed by atoms with Gasteiger partial charge in [0.25, 0.3) is 5.91 Å². The van der Waals surface area contributed by atoms with Crippen molar-refractivity contribution in [3.63, 3.8) is 0 Å². The maximum atomic E-state index is 13.1. The monoisotopic (exact) mass is 536 g/mol. The molecule has 1 saturated heterocycles. The van der Waals surface area contributed by atoms with Crippen LogP contribution >= 0.6 is 0 Å². The fraction of sp³-hybridized carbons (Fsp3) is 0.265. The predicted molar refractivity (Wildman–Crippen MR) is 161 cm³/mol. The maximum absolute atomic E-state index is 13.1. The van der Waals surface area contributed by atoms with Gasteiger partial charge in [-0.1, -0.05) is 36.4 Å². The van der Waals surface area contributed by atoms with Crippen molar-refractivity contribution in [3.8, 4) is 39.5 Å². The Balaban J connectivity index is 1.21. The molecule has 0 aromatic heterocycles. The quantitative estimate of drug-likeness (QED) is 0.233. The standard InChI is InChI=1S/C34H36N2O4/c1-36-20-5-7-29(36)19-21-40-30-16-11-25(12-17-30)24-9-14-28(15-10-24)35-34(37)27-13-18-33(39-3)32(23-27)26-6-4-8-31(22-26)38-2/h4,6,8-18,22-23,29H,5,7,19-21H2,1-3H3,(H,35,37).